The third-order valence-corrected chi connectivity index (χ3v) is 5.13. The normalized spacial score (nSPS) is 25.3. The summed E-state index contributed by atoms with van der Waals surface area (Å²) in [5, 5.41) is 0. The van der Waals surface area contributed by atoms with Crippen molar-refractivity contribution >= 4 is 11.5 Å². The Hall–Kier alpha value is -1.51. The Balaban J connectivity index is 2.00. The minimum absolute atomic E-state index is 0.0976. The summed E-state index contributed by atoms with van der Waals surface area (Å²) in [6.07, 6.45) is 7.87. The average Bonchev–Trinajstić information content (AvgIpc) is 2.53. The smallest absolute Gasteiger partial charge is 0.165 e. The van der Waals surface area contributed by atoms with Gasteiger partial charge in [0, 0.05) is 12.6 Å². The van der Waals surface area contributed by atoms with Crippen LogP contribution in [0.15, 0.2) is 18.2 Å². The maximum Gasteiger partial charge on any atom is 0.165 e. The van der Waals surface area contributed by atoms with Crippen LogP contribution in [0, 0.1) is 5.92 Å². The molecule has 0 N–H and O–H groups in total. The first-order valence-corrected chi connectivity index (χ1v) is 8.17. The lowest BCUT2D eigenvalue weighted by Crippen LogP contribution is -2.47. The molecule has 1 saturated heterocycles. The standard InChI is InChI=1S/C18H25NO2/c1-13(20)18-16(10-5-11-17(18)21-2)19-12-6-8-14-7-3-4-9-15(14)19/h5,10-11,14-15H,3-4,6-9,12H2,1-2H3. The molecular weight excluding hydrogens is 262 g/mol. The molecule has 0 spiro atoms. The van der Waals surface area contributed by atoms with Gasteiger partial charge in [-0.15, -0.1) is 0 Å². The summed E-state index contributed by atoms with van der Waals surface area (Å²) in [5.74, 6) is 1.61. The molecule has 1 heterocycles. The minimum atomic E-state index is 0.0976. The maximum atomic E-state index is 12.1. The Bertz CT molecular complexity index is 524. The first-order valence-electron chi connectivity index (χ1n) is 8.17. The zero-order chi connectivity index (χ0) is 14.8. The molecule has 1 saturated carbocycles. The quantitative estimate of drug-likeness (QED) is 0.785. The van der Waals surface area contributed by atoms with Crippen molar-refractivity contribution in [1.82, 2.24) is 0 Å². The van der Waals surface area contributed by atoms with E-state index in [0.29, 0.717) is 11.8 Å². The number of nitrogens with zero attached hydrogens (tertiary/aromatic N) is 1. The fourth-order valence-electron chi connectivity index (χ4n) is 4.21. The summed E-state index contributed by atoms with van der Waals surface area (Å²) in [7, 11) is 1.64. The van der Waals surface area contributed by atoms with Gasteiger partial charge >= 0.3 is 0 Å². The molecular formula is C18H25NO2. The Morgan fingerprint density at radius 3 is 2.71 bits per heavy atom. The number of ketones is 1. The molecule has 1 aromatic rings. The summed E-state index contributed by atoms with van der Waals surface area (Å²) in [6, 6.07) is 6.60. The van der Waals surface area contributed by atoms with E-state index in [1.807, 2.05) is 12.1 Å². The van der Waals surface area contributed by atoms with Crippen LogP contribution in [-0.2, 0) is 0 Å². The molecule has 2 atom stereocenters. The predicted molar refractivity (Wildman–Crippen MR) is 85.3 cm³/mol. The lowest BCUT2D eigenvalue weighted by molar-refractivity contribution is 0.101. The molecule has 3 rings (SSSR count). The number of benzene rings is 1. The van der Waals surface area contributed by atoms with E-state index in [9.17, 15) is 4.79 Å². The number of hydrogen-bond acceptors (Lipinski definition) is 3. The lowest BCUT2D eigenvalue weighted by atomic mass is 9.78. The molecule has 2 unspecified atom stereocenters. The van der Waals surface area contributed by atoms with Crippen LogP contribution in [0.5, 0.6) is 5.75 Å². The van der Waals surface area contributed by atoms with Crippen molar-refractivity contribution in [3.8, 4) is 5.75 Å². The average molecular weight is 287 g/mol. The SMILES string of the molecule is COc1cccc(N2CCCC3CCCCC32)c1C(C)=O. The van der Waals surface area contributed by atoms with Gasteiger partial charge in [-0.1, -0.05) is 18.9 Å². The van der Waals surface area contributed by atoms with Gasteiger partial charge in [-0.05, 0) is 50.7 Å². The third kappa shape index (κ3) is 2.66. The lowest BCUT2D eigenvalue weighted by Gasteiger charge is -2.46. The van der Waals surface area contributed by atoms with Crippen molar-refractivity contribution in [3.05, 3.63) is 23.8 Å². The molecule has 2 aliphatic rings. The molecule has 114 valence electrons. The zero-order valence-corrected chi connectivity index (χ0v) is 13.1. The van der Waals surface area contributed by atoms with Gasteiger partial charge in [-0.2, -0.15) is 0 Å². The molecule has 0 aromatic heterocycles. The fourth-order valence-corrected chi connectivity index (χ4v) is 4.21. The molecule has 0 amide bonds. The number of carbonyl (C=O) groups excluding carboxylic acids is 1. The Kier molecular flexibility index (Phi) is 4.18. The van der Waals surface area contributed by atoms with Crippen molar-refractivity contribution in [2.24, 2.45) is 5.92 Å². The van der Waals surface area contributed by atoms with Gasteiger partial charge in [0.05, 0.1) is 18.4 Å². The number of anilines is 1. The minimum Gasteiger partial charge on any atom is -0.496 e. The zero-order valence-electron chi connectivity index (χ0n) is 13.1. The number of rotatable bonds is 3. The summed E-state index contributed by atoms with van der Waals surface area (Å²) in [5.41, 5.74) is 1.84. The van der Waals surface area contributed by atoms with Gasteiger partial charge in [0.15, 0.2) is 5.78 Å². The number of carbonyl (C=O) groups is 1. The van der Waals surface area contributed by atoms with Crippen molar-refractivity contribution in [1.29, 1.82) is 0 Å². The van der Waals surface area contributed by atoms with E-state index in [1.54, 1.807) is 14.0 Å². The molecule has 1 aliphatic carbocycles. The van der Waals surface area contributed by atoms with Gasteiger partial charge in [-0.25, -0.2) is 0 Å². The van der Waals surface area contributed by atoms with Crippen LogP contribution in [0.2, 0.25) is 0 Å². The van der Waals surface area contributed by atoms with Crippen LogP contribution in [0.4, 0.5) is 5.69 Å². The number of hydrogen-bond donors (Lipinski definition) is 0. The van der Waals surface area contributed by atoms with Gasteiger partial charge in [0.1, 0.15) is 5.75 Å². The van der Waals surface area contributed by atoms with E-state index in [1.165, 1.54) is 38.5 Å². The molecule has 1 aliphatic heterocycles. The number of methoxy groups -OCH3 is 1. The Morgan fingerprint density at radius 2 is 1.95 bits per heavy atom. The maximum absolute atomic E-state index is 12.1. The molecule has 2 fully saturated rings. The van der Waals surface area contributed by atoms with E-state index < -0.39 is 0 Å². The van der Waals surface area contributed by atoms with E-state index in [0.717, 1.165) is 23.7 Å². The summed E-state index contributed by atoms with van der Waals surface area (Å²) < 4.78 is 5.43. The highest BCUT2D eigenvalue weighted by Gasteiger charge is 2.34. The first kappa shape index (κ1) is 14.4. The summed E-state index contributed by atoms with van der Waals surface area (Å²) in [6.45, 7) is 2.71. The van der Waals surface area contributed by atoms with Crippen molar-refractivity contribution in [2.75, 3.05) is 18.6 Å². The Morgan fingerprint density at radius 1 is 1.19 bits per heavy atom. The molecule has 1 aromatic carbocycles. The van der Waals surface area contributed by atoms with Crippen molar-refractivity contribution in [3.63, 3.8) is 0 Å². The van der Waals surface area contributed by atoms with Crippen LogP contribution in [0.1, 0.15) is 55.8 Å². The summed E-state index contributed by atoms with van der Waals surface area (Å²) in [4.78, 5) is 14.6. The second-order valence-electron chi connectivity index (χ2n) is 6.36. The number of fused-ring (bicyclic) bond motifs is 1. The van der Waals surface area contributed by atoms with Gasteiger partial charge in [-0.3, -0.25) is 4.79 Å². The van der Waals surface area contributed by atoms with Crippen molar-refractivity contribution < 1.29 is 9.53 Å². The molecule has 0 bridgehead atoms. The third-order valence-electron chi connectivity index (χ3n) is 5.13. The fraction of sp³-hybridized carbons (Fsp3) is 0.611. The molecule has 3 heteroatoms. The number of ether oxygens (including phenoxy) is 1. The highest BCUT2D eigenvalue weighted by Crippen LogP contribution is 2.40. The van der Waals surface area contributed by atoms with Gasteiger partial charge in [0.2, 0.25) is 0 Å². The van der Waals surface area contributed by atoms with Crippen LogP contribution in [-0.4, -0.2) is 25.5 Å². The van der Waals surface area contributed by atoms with Crippen LogP contribution >= 0.6 is 0 Å². The summed E-state index contributed by atoms with van der Waals surface area (Å²) >= 11 is 0. The van der Waals surface area contributed by atoms with Crippen LogP contribution in [0.3, 0.4) is 0 Å². The second kappa shape index (κ2) is 6.08. The van der Waals surface area contributed by atoms with E-state index in [4.69, 9.17) is 4.74 Å². The number of piperidine rings is 1. The number of Topliss-reactive ketones (excluding diaryl/α,β-unsaturated/α-hetero) is 1. The van der Waals surface area contributed by atoms with Gasteiger partial charge in [0.25, 0.3) is 0 Å². The second-order valence-corrected chi connectivity index (χ2v) is 6.36. The molecule has 21 heavy (non-hydrogen) atoms. The molecule has 3 nitrogen and oxygen atoms in total. The van der Waals surface area contributed by atoms with Gasteiger partial charge < -0.3 is 9.64 Å². The monoisotopic (exact) mass is 287 g/mol. The Labute approximate surface area is 127 Å². The molecule has 0 radical (unpaired) electrons. The predicted octanol–water partition coefficient (Wildman–Crippen LogP) is 4.06. The van der Waals surface area contributed by atoms with E-state index in [-0.39, 0.29) is 5.78 Å². The van der Waals surface area contributed by atoms with Crippen LogP contribution < -0.4 is 9.64 Å². The van der Waals surface area contributed by atoms with E-state index in [2.05, 4.69) is 11.0 Å². The topological polar surface area (TPSA) is 29.5 Å². The van der Waals surface area contributed by atoms with E-state index >= 15 is 0 Å². The first-order chi connectivity index (χ1) is 10.2. The highest BCUT2D eigenvalue weighted by molar-refractivity contribution is 6.02. The largest absolute Gasteiger partial charge is 0.496 e. The highest BCUT2D eigenvalue weighted by atomic mass is 16.5. The van der Waals surface area contributed by atoms with Crippen molar-refractivity contribution in [2.45, 2.75) is 51.5 Å². The van der Waals surface area contributed by atoms with Crippen LogP contribution in [0.25, 0.3) is 0 Å².